The lowest BCUT2D eigenvalue weighted by Crippen LogP contribution is -2.10. The van der Waals surface area contributed by atoms with Crippen LogP contribution >= 0.6 is 11.6 Å². The molecule has 92 valence electrons. The molecular weight excluding hydrogens is 254 g/mol. The molecule has 0 spiro atoms. The van der Waals surface area contributed by atoms with E-state index in [1.165, 1.54) is 18.3 Å². The number of halogens is 1. The van der Waals surface area contributed by atoms with E-state index in [0.29, 0.717) is 22.0 Å². The number of nitrogen functional groups attached to an aromatic ring is 1. The number of amides is 1. The average Bonchev–Trinajstić information content (AvgIpc) is 2.34. The number of nitrogens with zero attached hydrogens (tertiary/aromatic N) is 1. The normalized spacial score (nSPS) is 10.1. The summed E-state index contributed by atoms with van der Waals surface area (Å²) in [5.41, 5.74) is 11.5. The van der Waals surface area contributed by atoms with Gasteiger partial charge in [0.25, 0.3) is 0 Å². The van der Waals surface area contributed by atoms with Gasteiger partial charge in [0.05, 0.1) is 16.3 Å². The van der Waals surface area contributed by atoms with Crippen molar-refractivity contribution in [1.82, 2.24) is 4.98 Å². The Hall–Kier alpha value is -2.27. The minimum Gasteiger partial charge on any atom is -0.435 e. The molecule has 0 fully saturated rings. The number of hydrogen-bond donors (Lipinski definition) is 2. The summed E-state index contributed by atoms with van der Waals surface area (Å²) < 4.78 is 5.45. The summed E-state index contributed by atoms with van der Waals surface area (Å²) in [5, 5.41) is 0.385. The van der Waals surface area contributed by atoms with Gasteiger partial charge < -0.3 is 16.2 Å². The first-order valence-electron chi connectivity index (χ1n) is 5.05. The van der Waals surface area contributed by atoms with Crippen LogP contribution < -0.4 is 16.2 Å². The molecule has 1 amide bonds. The van der Waals surface area contributed by atoms with Gasteiger partial charge in [-0.3, -0.25) is 4.79 Å². The number of carbonyl (C=O) groups is 1. The molecule has 6 heteroatoms. The first kappa shape index (κ1) is 12.2. The highest BCUT2D eigenvalue weighted by Crippen LogP contribution is 2.33. The van der Waals surface area contributed by atoms with Crippen molar-refractivity contribution in [3.8, 4) is 11.6 Å². The minimum absolute atomic E-state index is 0.278. The molecule has 1 aromatic carbocycles. The largest absolute Gasteiger partial charge is 0.435 e. The Morgan fingerprint density at radius 2 is 2.06 bits per heavy atom. The van der Waals surface area contributed by atoms with Crippen LogP contribution in [0.3, 0.4) is 0 Å². The quantitative estimate of drug-likeness (QED) is 0.831. The van der Waals surface area contributed by atoms with Crippen molar-refractivity contribution in [2.45, 2.75) is 0 Å². The molecule has 5 nitrogen and oxygen atoms in total. The molecule has 0 saturated heterocycles. The van der Waals surface area contributed by atoms with Crippen LogP contribution in [0.5, 0.6) is 11.6 Å². The summed E-state index contributed by atoms with van der Waals surface area (Å²) in [6, 6.07) is 8.07. The lowest BCUT2D eigenvalue weighted by Gasteiger charge is -2.09. The molecule has 2 aromatic rings. The van der Waals surface area contributed by atoms with E-state index in [1.54, 1.807) is 18.2 Å². The molecular formula is C12H10ClN3O2. The molecule has 1 heterocycles. The standard InChI is InChI=1S/C12H10ClN3O2/c13-8-2-1-3-9(14)11(8)18-10-5-4-7(6-16-10)12(15)17/h1-6H,14H2,(H2,15,17). The predicted molar refractivity (Wildman–Crippen MR) is 68.7 cm³/mol. The fourth-order valence-corrected chi connectivity index (χ4v) is 1.54. The van der Waals surface area contributed by atoms with E-state index in [1.807, 2.05) is 0 Å². The van der Waals surface area contributed by atoms with Gasteiger partial charge in [-0.05, 0) is 18.2 Å². The van der Waals surface area contributed by atoms with Gasteiger partial charge in [0.1, 0.15) is 0 Å². The molecule has 0 radical (unpaired) electrons. The number of pyridine rings is 1. The van der Waals surface area contributed by atoms with Gasteiger partial charge in [-0.2, -0.15) is 0 Å². The topological polar surface area (TPSA) is 91.2 Å². The number of rotatable bonds is 3. The highest BCUT2D eigenvalue weighted by atomic mass is 35.5. The number of ether oxygens (including phenoxy) is 1. The number of anilines is 1. The fourth-order valence-electron chi connectivity index (χ4n) is 1.32. The summed E-state index contributed by atoms with van der Waals surface area (Å²) in [6.45, 7) is 0. The molecule has 0 saturated carbocycles. The number of hydrogen-bond acceptors (Lipinski definition) is 4. The van der Waals surface area contributed by atoms with Crippen LogP contribution in [0.25, 0.3) is 0 Å². The molecule has 0 bridgehead atoms. The van der Waals surface area contributed by atoms with E-state index in [4.69, 9.17) is 27.8 Å². The average molecular weight is 264 g/mol. The lowest BCUT2D eigenvalue weighted by molar-refractivity contribution is 0.1000. The number of aromatic nitrogens is 1. The number of nitrogens with two attached hydrogens (primary N) is 2. The van der Waals surface area contributed by atoms with Gasteiger partial charge in [0, 0.05) is 12.3 Å². The summed E-state index contributed by atoms with van der Waals surface area (Å²) in [5.74, 6) is 0.0598. The van der Waals surface area contributed by atoms with Crippen LogP contribution in [0.1, 0.15) is 10.4 Å². The Labute approximate surface area is 108 Å². The van der Waals surface area contributed by atoms with Gasteiger partial charge >= 0.3 is 0 Å². The maximum Gasteiger partial charge on any atom is 0.250 e. The summed E-state index contributed by atoms with van der Waals surface area (Å²) in [7, 11) is 0. The molecule has 2 rings (SSSR count). The first-order valence-corrected chi connectivity index (χ1v) is 5.43. The van der Waals surface area contributed by atoms with Crippen molar-refractivity contribution < 1.29 is 9.53 Å². The second-order valence-electron chi connectivity index (χ2n) is 3.51. The van der Waals surface area contributed by atoms with Gasteiger partial charge in [-0.1, -0.05) is 17.7 Å². The Kier molecular flexibility index (Phi) is 3.34. The zero-order valence-corrected chi connectivity index (χ0v) is 10.0. The molecule has 0 unspecified atom stereocenters. The van der Waals surface area contributed by atoms with Crippen LogP contribution in [0.2, 0.25) is 5.02 Å². The maximum absolute atomic E-state index is 10.9. The van der Waals surface area contributed by atoms with Crippen molar-refractivity contribution >= 4 is 23.2 Å². The smallest absolute Gasteiger partial charge is 0.250 e. The van der Waals surface area contributed by atoms with Crippen LogP contribution in [-0.2, 0) is 0 Å². The predicted octanol–water partition coefficient (Wildman–Crippen LogP) is 2.21. The van der Waals surface area contributed by atoms with Crippen molar-refractivity contribution in [3.63, 3.8) is 0 Å². The van der Waals surface area contributed by atoms with Crippen molar-refractivity contribution in [1.29, 1.82) is 0 Å². The third-order valence-corrected chi connectivity index (χ3v) is 2.52. The molecule has 4 N–H and O–H groups in total. The molecule has 1 aromatic heterocycles. The van der Waals surface area contributed by atoms with E-state index in [-0.39, 0.29) is 5.88 Å². The number of carbonyl (C=O) groups excluding carboxylic acids is 1. The number of para-hydroxylation sites is 1. The monoisotopic (exact) mass is 263 g/mol. The first-order chi connectivity index (χ1) is 8.58. The second kappa shape index (κ2) is 4.93. The van der Waals surface area contributed by atoms with E-state index in [2.05, 4.69) is 4.98 Å². The van der Waals surface area contributed by atoms with Crippen molar-refractivity contribution in [2.24, 2.45) is 5.73 Å². The summed E-state index contributed by atoms with van der Waals surface area (Å²) in [6.07, 6.45) is 1.32. The van der Waals surface area contributed by atoms with Crippen molar-refractivity contribution in [2.75, 3.05) is 5.73 Å². The van der Waals surface area contributed by atoms with Crippen LogP contribution in [0, 0.1) is 0 Å². The highest BCUT2D eigenvalue weighted by molar-refractivity contribution is 6.32. The van der Waals surface area contributed by atoms with E-state index in [9.17, 15) is 4.79 Å². The Morgan fingerprint density at radius 3 is 2.61 bits per heavy atom. The van der Waals surface area contributed by atoms with Crippen LogP contribution in [0.15, 0.2) is 36.5 Å². The Balaban J connectivity index is 2.26. The van der Waals surface area contributed by atoms with E-state index in [0.717, 1.165) is 0 Å². The molecule has 0 aliphatic heterocycles. The third kappa shape index (κ3) is 2.52. The van der Waals surface area contributed by atoms with E-state index < -0.39 is 5.91 Å². The van der Waals surface area contributed by atoms with Gasteiger partial charge in [-0.25, -0.2) is 4.98 Å². The fraction of sp³-hybridized carbons (Fsp3) is 0. The molecule has 0 atom stereocenters. The third-order valence-electron chi connectivity index (χ3n) is 2.22. The van der Waals surface area contributed by atoms with E-state index >= 15 is 0 Å². The zero-order chi connectivity index (χ0) is 13.1. The Bertz CT molecular complexity index is 564. The lowest BCUT2D eigenvalue weighted by atomic mass is 10.3. The number of benzene rings is 1. The SMILES string of the molecule is NC(=O)c1ccc(Oc2c(N)cccc2Cl)nc1. The minimum atomic E-state index is -0.550. The molecule has 0 aliphatic rings. The highest BCUT2D eigenvalue weighted by Gasteiger charge is 2.08. The van der Waals surface area contributed by atoms with Crippen LogP contribution in [0.4, 0.5) is 5.69 Å². The summed E-state index contributed by atoms with van der Waals surface area (Å²) in [4.78, 5) is 14.8. The summed E-state index contributed by atoms with van der Waals surface area (Å²) >= 11 is 5.95. The second-order valence-corrected chi connectivity index (χ2v) is 3.92. The number of primary amides is 1. The van der Waals surface area contributed by atoms with Gasteiger partial charge in [0.2, 0.25) is 11.8 Å². The zero-order valence-electron chi connectivity index (χ0n) is 9.26. The maximum atomic E-state index is 10.9. The Morgan fingerprint density at radius 1 is 1.28 bits per heavy atom. The molecule has 0 aliphatic carbocycles. The van der Waals surface area contributed by atoms with Crippen molar-refractivity contribution in [3.05, 3.63) is 47.1 Å². The van der Waals surface area contributed by atoms with Gasteiger partial charge in [-0.15, -0.1) is 0 Å². The van der Waals surface area contributed by atoms with Crippen LogP contribution in [-0.4, -0.2) is 10.9 Å². The van der Waals surface area contributed by atoms with Gasteiger partial charge in [0.15, 0.2) is 5.75 Å². The molecule has 18 heavy (non-hydrogen) atoms.